The van der Waals surface area contributed by atoms with Crippen LogP contribution in [0, 0.1) is 0 Å². The maximum Gasteiger partial charge on any atom is 0.350 e. The Bertz CT molecular complexity index is 916. The van der Waals surface area contributed by atoms with E-state index in [-0.39, 0.29) is 25.0 Å². The average molecular weight is 401 g/mol. The lowest BCUT2D eigenvalue weighted by Crippen LogP contribution is -2.22. The Hall–Kier alpha value is -2.41. The molecule has 28 heavy (non-hydrogen) atoms. The van der Waals surface area contributed by atoms with E-state index >= 15 is 0 Å². The Morgan fingerprint density at radius 3 is 2.71 bits per heavy atom. The van der Waals surface area contributed by atoms with Gasteiger partial charge in [-0.3, -0.25) is 4.79 Å². The lowest BCUT2D eigenvalue weighted by molar-refractivity contribution is -0.120. The molecule has 0 N–H and O–H groups in total. The fraction of sp³-hybridized carbons (Fsp3) is 0.476. The summed E-state index contributed by atoms with van der Waals surface area (Å²) in [6, 6.07) is 5.74. The predicted octanol–water partition coefficient (Wildman–Crippen LogP) is 3.84. The van der Waals surface area contributed by atoms with Gasteiger partial charge in [-0.1, -0.05) is 19.4 Å². The predicted molar refractivity (Wildman–Crippen MR) is 104 cm³/mol. The molecule has 4 rings (SSSR count). The molecular formula is C21H23NO5S. The highest BCUT2D eigenvalue weighted by Gasteiger charge is 2.51. The first kappa shape index (κ1) is 18.9. The number of carbonyl (C=O) groups excluding carboxylic acids is 2. The molecular weight excluding hydrogens is 378 g/mol. The van der Waals surface area contributed by atoms with E-state index in [9.17, 15) is 9.59 Å². The van der Waals surface area contributed by atoms with Crippen LogP contribution < -0.4 is 9.47 Å². The Morgan fingerprint density at radius 1 is 1.21 bits per heavy atom. The minimum absolute atomic E-state index is 0.138. The third kappa shape index (κ3) is 3.39. The van der Waals surface area contributed by atoms with Crippen molar-refractivity contribution in [1.29, 1.82) is 0 Å². The lowest BCUT2D eigenvalue weighted by Gasteiger charge is -2.14. The number of ether oxygens (including phenoxy) is 3. The first-order valence-corrected chi connectivity index (χ1v) is 10.5. The van der Waals surface area contributed by atoms with E-state index in [1.807, 2.05) is 25.1 Å². The van der Waals surface area contributed by atoms with Crippen molar-refractivity contribution < 1.29 is 23.8 Å². The molecule has 2 aliphatic rings. The average Bonchev–Trinajstić information content (AvgIpc) is 3.20. The molecule has 0 bridgehead atoms. The van der Waals surface area contributed by atoms with Crippen LogP contribution in [0.15, 0.2) is 18.2 Å². The fourth-order valence-electron chi connectivity index (χ4n) is 3.59. The second-order valence-electron chi connectivity index (χ2n) is 7.10. The van der Waals surface area contributed by atoms with Crippen LogP contribution in [0.5, 0.6) is 11.5 Å². The molecule has 1 saturated carbocycles. The normalized spacial score (nSPS) is 16.1. The van der Waals surface area contributed by atoms with E-state index < -0.39 is 5.41 Å². The van der Waals surface area contributed by atoms with Crippen LogP contribution in [-0.4, -0.2) is 30.1 Å². The second-order valence-corrected chi connectivity index (χ2v) is 8.19. The number of thiazole rings is 1. The van der Waals surface area contributed by atoms with Crippen molar-refractivity contribution in [3.8, 4) is 11.5 Å². The van der Waals surface area contributed by atoms with Crippen molar-refractivity contribution in [3.05, 3.63) is 39.3 Å². The first-order valence-electron chi connectivity index (χ1n) is 9.66. The van der Waals surface area contributed by atoms with Gasteiger partial charge in [0.1, 0.15) is 15.7 Å². The van der Waals surface area contributed by atoms with Gasteiger partial charge in [0.05, 0.1) is 24.1 Å². The van der Waals surface area contributed by atoms with Crippen LogP contribution in [0.4, 0.5) is 0 Å². The zero-order chi connectivity index (χ0) is 19.7. The van der Waals surface area contributed by atoms with Crippen LogP contribution in [0.2, 0.25) is 0 Å². The Morgan fingerprint density at radius 2 is 2.00 bits per heavy atom. The van der Waals surface area contributed by atoms with Crippen molar-refractivity contribution in [3.63, 3.8) is 0 Å². The van der Waals surface area contributed by atoms with Crippen molar-refractivity contribution in [1.82, 2.24) is 4.98 Å². The molecule has 2 aromatic rings. The van der Waals surface area contributed by atoms with Crippen molar-refractivity contribution in [2.45, 2.75) is 51.4 Å². The standard InChI is InChI=1S/C21H23NO5S/c1-3-5-14-19(20(24)25-4-2)28-18(22-14)11-17(23)21(8-9-21)13-6-7-15-16(10-13)27-12-26-15/h6-7,10H,3-5,8-9,11-12H2,1-2H3. The summed E-state index contributed by atoms with van der Waals surface area (Å²) < 4.78 is 16.0. The number of hydrogen-bond acceptors (Lipinski definition) is 7. The van der Waals surface area contributed by atoms with Crippen LogP contribution in [0.3, 0.4) is 0 Å². The third-order valence-electron chi connectivity index (χ3n) is 5.21. The number of carbonyl (C=O) groups is 2. The van der Waals surface area contributed by atoms with E-state index in [2.05, 4.69) is 4.98 Å². The molecule has 0 spiro atoms. The summed E-state index contributed by atoms with van der Waals surface area (Å²) in [6.07, 6.45) is 3.46. The fourth-order valence-corrected chi connectivity index (χ4v) is 4.60. The highest BCUT2D eigenvalue weighted by atomic mass is 32.1. The van der Waals surface area contributed by atoms with Gasteiger partial charge in [-0.2, -0.15) is 0 Å². The number of fused-ring (bicyclic) bond motifs is 1. The maximum absolute atomic E-state index is 13.1. The SMILES string of the molecule is CCCc1nc(CC(=O)C2(c3ccc4c(c3)OCO4)CC2)sc1C(=O)OCC. The molecule has 1 aromatic heterocycles. The maximum atomic E-state index is 13.1. The van der Waals surface area contributed by atoms with Crippen molar-refractivity contribution in [2.24, 2.45) is 0 Å². The zero-order valence-electron chi connectivity index (χ0n) is 16.1. The van der Waals surface area contributed by atoms with Crippen molar-refractivity contribution in [2.75, 3.05) is 13.4 Å². The van der Waals surface area contributed by atoms with E-state index in [1.165, 1.54) is 11.3 Å². The van der Waals surface area contributed by atoms with Crippen LogP contribution in [0.1, 0.15) is 59.0 Å². The van der Waals surface area contributed by atoms with Gasteiger partial charge < -0.3 is 14.2 Å². The zero-order valence-corrected chi connectivity index (χ0v) is 16.9. The summed E-state index contributed by atoms with van der Waals surface area (Å²) in [5.41, 5.74) is 1.24. The molecule has 0 saturated heterocycles. The van der Waals surface area contributed by atoms with Crippen LogP contribution in [-0.2, 0) is 27.8 Å². The number of hydrogen-bond donors (Lipinski definition) is 0. The molecule has 1 fully saturated rings. The lowest BCUT2D eigenvalue weighted by atomic mass is 9.89. The van der Waals surface area contributed by atoms with Gasteiger partial charge in [0.25, 0.3) is 0 Å². The van der Waals surface area contributed by atoms with E-state index in [1.54, 1.807) is 6.92 Å². The minimum atomic E-state index is -0.471. The van der Waals surface area contributed by atoms with Gasteiger partial charge in [-0.25, -0.2) is 9.78 Å². The highest BCUT2D eigenvalue weighted by Crippen LogP contribution is 2.51. The van der Waals surface area contributed by atoms with E-state index in [0.29, 0.717) is 28.7 Å². The van der Waals surface area contributed by atoms with Gasteiger partial charge >= 0.3 is 5.97 Å². The smallest absolute Gasteiger partial charge is 0.350 e. The van der Waals surface area contributed by atoms with E-state index in [0.717, 1.165) is 36.3 Å². The van der Waals surface area contributed by atoms with Crippen LogP contribution >= 0.6 is 11.3 Å². The first-order chi connectivity index (χ1) is 13.6. The molecule has 0 amide bonds. The molecule has 7 heteroatoms. The molecule has 148 valence electrons. The summed E-state index contributed by atoms with van der Waals surface area (Å²) in [7, 11) is 0. The van der Waals surface area contributed by atoms with Gasteiger partial charge in [-0.05, 0) is 43.9 Å². The van der Waals surface area contributed by atoms with Crippen molar-refractivity contribution >= 4 is 23.1 Å². The summed E-state index contributed by atoms with van der Waals surface area (Å²) in [5, 5.41) is 0.684. The topological polar surface area (TPSA) is 74.7 Å². The number of Topliss-reactive ketones (excluding diaryl/α,β-unsaturated/α-hetero) is 1. The molecule has 1 aliphatic carbocycles. The highest BCUT2D eigenvalue weighted by molar-refractivity contribution is 7.13. The molecule has 0 unspecified atom stereocenters. The molecule has 1 aromatic carbocycles. The number of ketones is 1. The monoisotopic (exact) mass is 401 g/mol. The van der Waals surface area contributed by atoms with Gasteiger partial charge in [0.15, 0.2) is 11.5 Å². The molecule has 0 radical (unpaired) electrons. The van der Waals surface area contributed by atoms with E-state index in [4.69, 9.17) is 14.2 Å². The molecule has 0 atom stereocenters. The third-order valence-corrected chi connectivity index (χ3v) is 6.29. The summed E-state index contributed by atoms with van der Waals surface area (Å²) in [4.78, 5) is 30.5. The molecule has 6 nitrogen and oxygen atoms in total. The van der Waals surface area contributed by atoms with Gasteiger partial charge in [-0.15, -0.1) is 11.3 Å². The second kappa shape index (κ2) is 7.54. The summed E-state index contributed by atoms with van der Waals surface area (Å²) in [5.74, 6) is 1.20. The quantitative estimate of drug-likeness (QED) is 0.626. The minimum Gasteiger partial charge on any atom is -0.462 e. The van der Waals surface area contributed by atoms with Crippen LogP contribution in [0.25, 0.3) is 0 Å². The molecule has 2 heterocycles. The number of aromatic nitrogens is 1. The Kier molecular flexibility index (Phi) is 5.10. The Balaban J connectivity index is 1.55. The Labute approximate surface area is 167 Å². The summed E-state index contributed by atoms with van der Waals surface area (Å²) >= 11 is 1.28. The number of nitrogens with zero attached hydrogens (tertiary/aromatic N) is 1. The van der Waals surface area contributed by atoms with Gasteiger partial charge in [0, 0.05) is 0 Å². The number of rotatable bonds is 8. The number of esters is 1. The largest absolute Gasteiger partial charge is 0.462 e. The van der Waals surface area contributed by atoms with Gasteiger partial charge in [0.2, 0.25) is 6.79 Å². The number of aryl methyl sites for hydroxylation is 1. The summed E-state index contributed by atoms with van der Waals surface area (Å²) in [6.45, 7) is 4.36. The molecule has 1 aliphatic heterocycles. The number of benzene rings is 1.